The first kappa shape index (κ1) is 23.6. The predicted octanol–water partition coefficient (Wildman–Crippen LogP) is 3.08. The quantitative estimate of drug-likeness (QED) is 0.364. The number of rotatable bonds is 5. The molecule has 0 atom stereocenters. The number of nitriles is 1. The molecule has 6 heterocycles. The normalized spacial score (nSPS) is 14.8. The molecular weight excluding hydrogens is 504 g/mol. The minimum atomic E-state index is -2.39. The van der Waals surface area contributed by atoms with E-state index in [1.54, 1.807) is 54.7 Å². The van der Waals surface area contributed by atoms with Crippen LogP contribution < -0.4 is 9.64 Å². The van der Waals surface area contributed by atoms with Gasteiger partial charge in [-0.1, -0.05) is 0 Å². The van der Waals surface area contributed by atoms with Gasteiger partial charge in [0.2, 0.25) is 5.88 Å². The van der Waals surface area contributed by atoms with Crippen LogP contribution in [0.25, 0.3) is 28.0 Å². The van der Waals surface area contributed by atoms with E-state index in [0.29, 0.717) is 58.6 Å². The summed E-state index contributed by atoms with van der Waals surface area (Å²) in [5.41, 5.74) is 4.45. The standard InChI is InChI=1S/C25H22N10O2S/c1-37-23-5-3-20(15-28-23)33-38(36)8-6-34(7-9-38)22-4-2-17(11-27-22)24-25-18(10-26)14-31-35(25)16-21(32-24)19-12-29-30-13-19/h2-5,11-16H,6-9H2,1H3,(H,29,30). The molecule has 0 unspecified atom stereocenters. The molecule has 1 aliphatic heterocycles. The average Bonchev–Trinajstić information content (AvgIpc) is 3.64. The number of methoxy groups -OCH3 is 1. The Bertz CT molecular complexity index is 1750. The van der Waals surface area contributed by atoms with Gasteiger partial charge in [0.05, 0.1) is 58.7 Å². The highest BCUT2D eigenvalue weighted by atomic mass is 32.2. The third-order valence-electron chi connectivity index (χ3n) is 6.32. The van der Waals surface area contributed by atoms with Crippen molar-refractivity contribution in [2.45, 2.75) is 0 Å². The van der Waals surface area contributed by atoms with Crippen molar-refractivity contribution >= 4 is 26.8 Å². The third-order valence-corrected chi connectivity index (χ3v) is 8.50. The number of pyridine rings is 2. The van der Waals surface area contributed by atoms with E-state index in [0.717, 1.165) is 16.9 Å². The molecule has 1 saturated heterocycles. The molecule has 5 aromatic heterocycles. The van der Waals surface area contributed by atoms with Crippen LogP contribution in [-0.2, 0) is 9.73 Å². The monoisotopic (exact) mass is 526 g/mol. The Morgan fingerprint density at radius 1 is 1.08 bits per heavy atom. The number of H-pyrrole nitrogens is 1. The SMILES string of the molecule is COc1ccc(N=S2(=O)CCN(c3ccc(-c4nc(-c5cn[nH]c5)cn5ncc(C#N)c45)cn3)CC2)cn1. The number of nitrogens with zero attached hydrogens (tertiary/aromatic N) is 9. The number of nitrogens with one attached hydrogen (secondary N) is 1. The lowest BCUT2D eigenvalue weighted by atomic mass is 10.1. The van der Waals surface area contributed by atoms with Crippen LogP contribution in [0.15, 0.2) is 65.8 Å². The fourth-order valence-corrected chi connectivity index (χ4v) is 6.21. The molecule has 0 aliphatic carbocycles. The van der Waals surface area contributed by atoms with Crippen molar-refractivity contribution in [2.75, 3.05) is 36.6 Å². The van der Waals surface area contributed by atoms with Crippen LogP contribution in [-0.4, -0.2) is 70.7 Å². The molecule has 1 N–H and O–H groups in total. The fraction of sp³-hybridized carbons (Fsp3) is 0.200. The molecule has 6 rings (SSSR count). The van der Waals surface area contributed by atoms with E-state index in [2.05, 4.69) is 40.6 Å². The molecule has 0 spiro atoms. The van der Waals surface area contributed by atoms with Gasteiger partial charge < -0.3 is 9.64 Å². The van der Waals surface area contributed by atoms with Crippen molar-refractivity contribution in [3.05, 3.63) is 67.0 Å². The molecule has 0 bridgehead atoms. The molecule has 38 heavy (non-hydrogen) atoms. The molecule has 0 radical (unpaired) electrons. The summed E-state index contributed by atoms with van der Waals surface area (Å²) in [6, 6.07) is 9.50. The molecule has 190 valence electrons. The number of hydrogen-bond donors (Lipinski definition) is 1. The summed E-state index contributed by atoms with van der Waals surface area (Å²) in [5, 5.41) is 20.8. The number of fused-ring (bicyclic) bond motifs is 1. The molecular formula is C25H22N10O2S. The largest absolute Gasteiger partial charge is 0.481 e. The Morgan fingerprint density at radius 2 is 1.95 bits per heavy atom. The van der Waals surface area contributed by atoms with E-state index in [-0.39, 0.29) is 0 Å². The van der Waals surface area contributed by atoms with Crippen LogP contribution in [0.5, 0.6) is 5.88 Å². The summed E-state index contributed by atoms with van der Waals surface area (Å²) in [4.78, 5) is 15.7. The van der Waals surface area contributed by atoms with Gasteiger partial charge in [-0.3, -0.25) is 5.10 Å². The Morgan fingerprint density at radius 3 is 2.61 bits per heavy atom. The number of aromatic nitrogens is 7. The summed E-state index contributed by atoms with van der Waals surface area (Å²) < 4.78 is 24.5. The van der Waals surface area contributed by atoms with E-state index in [9.17, 15) is 9.47 Å². The second-order valence-electron chi connectivity index (χ2n) is 8.65. The minimum Gasteiger partial charge on any atom is -0.481 e. The molecule has 5 aromatic rings. The number of hydrogen-bond acceptors (Lipinski definition) is 10. The summed E-state index contributed by atoms with van der Waals surface area (Å²) >= 11 is 0. The van der Waals surface area contributed by atoms with Crippen LogP contribution in [0, 0.1) is 11.3 Å². The first-order valence-electron chi connectivity index (χ1n) is 11.8. The zero-order valence-corrected chi connectivity index (χ0v) is 21.2. The van der Waals surface area contributed by atoms with Gasteiger partial charge in [0.25, 0.3) is 0 Å². The molecule has 12 nitrogen and oxygen atoms in total. The van der Waals surface area contributed by atoms with Gasteiger partial charge >= 0.3 is 0 Å². The maximum absolute atomic E-state index is 13.3. The van der Waals surface area contributed by atoms with Crippen molar-refractivity contribution in [2.24, 2.45) is 4.36 Å². The second kappa shape index (κ2) is 9.56. The zero-order chi connectivity index (χ0) is 26.1. The number of ether oxygens (including phenoxy) is 1. The Kier molecular flexibility index (Phi) is 5.93. The third kappa shape index (κ3) is 4.41. The first-order chi connectivity index (χ1) is 18.5. The highest BCUT2D eigenvalue weighted by molar-refractivity contribution is 7.93. The van der Waals surface area contributed by atoms with Crippen LogP contribution in [0.1, 0.15) is 5.56 Å². The number of anilines is 1. The van der Waals surface area contributed by atoms with Gasteiger partial charge in [0, 0.05) is 54.2 Å². The molecule has 1 aliphatic rings. The summed E-state index contributed by atoms with van der Waals surface area (Å²) in [7, 11) is -0.842. The molecule has 0 saturated carbocycles. The van der Waals surface area contributed by atoms with Crippen LogP contribution >= 0.6 is 0 Å². The zero-order valence-electron chi connectivity index (χ0n) is 20.4. The fourth-order valence-electron chi connectivity index (χ4n) is 4.32. The Balaban J connectivity index is 1.25. The van der Waals surface area contributed by atoms with Crippen molar-refractivity contribution in [3.63, 3.8) is 0 Å². The Hall–Kier alpha value is -4.83. The predicted molar refractivity (Wildman–Crippen MR) is 141 cm³/mol. The van der Waals surface area contributed by atoms with Gasteiger partial charge in [0.1, 0.15) is 23.0 Å². The smallest absolute Gasteiger partial charge is 0.213 e. The van der Waals surface area contributed by atoms with Crippen molar-refractivity contribution in [1.29, 1.82) is 5.26 Å². The van der Waals surface area contributed by atoms with E-state index >= 15 is 0 Å². The van der Waals surface area contributed by atoms with Gasteiger partial charge in [-0.25, -0.2) is 23.7 Å². The van der Waals surface area contributed by atoms with Gasteiger partial charge in [0.15, 0.2) is 0 Å². The highest BCUT2D eigenvalue weighted by Gasteiger charge is 2.22. The maximum atomic E-state index is 13.3. The van der Waals surface area contributed by atoms with Crippen molar-refractivity contribution in [3.8, 4) is 34.5 Å². The van der Waals surface area contributed by atoms with Crippen LogP contribution in [0.2, 0.25) is 0 Å². The lowest BCUT2D eigenvalue weighted by molar-refractivity contribution is 0.398. The summed E-state index contributed by atoms with van der Waals surface area (Å²) in [6.45, 7) is 1.13. The average molecular weight is 527 g/mol. The van der Waals surface area contributed by atoms with Crippen molar-refractivity contribution in [1.82, 2.24) is 34.8 Å². The highest BCUT2D eigenvalue weighted by Crippen LogP contribution is 2.29. The van der Waals surface area contributed by atoms with Gasteiger partial charge in [-0.15, -0.1) is 0 Å². The number of aromatic amines is 1. The summed E-state index contributed by atoms with van der Waals surface area (Å²) in [5.74, 6) is 2.12. The molecule has 13 heteroatoms. The molecule has 1 fully saturated rings. The van der Waals surface area contributed by atoms with Crippen molar-refractivity contribution < 1.29 is 8.95 Å². The Labute approximate surface area is 218 Å². The summed E-state index contributed by atoms with van der Waals surface area (Å²) in [6.07, 6.45) is 10.0. The van der Waals surface area contributed by atoms with Gasteiger partial charge in [-0.2, -0.15) is 19.8 Å². The van der Waals surface area contributed by atoms with Crippen LogP contribution in [0.3, 0.4) is 0 Å². The van der Waals surface area contributed by atoms with E-state index in [4.69, 9.17) is 9.72 Å². The van der Waals surface area contributed by atoms with Gasteiger partial charge in [-0.05, 0) is 18.2 Å². The minimum absolute atomic E-state index is 0.428. The lowest BCUT2D eigenvalue weighted by Crippen LogP contribution is -2.40. The molecule has 0 amide bonds. The first-order valence-corrected chi connectivity index (χ1v) is 13.6. The van der Waals surface area contributed by atoms with E-state index in [1.165, 1.54) is 6.20 Å². The van der Waals surface area contributed by atoms with E-state index < -0.39 is 9.73 Å². The molecule has 0 aromatic carbocycles. The van der Waals surface area contributed by atoms with E-state index in [1.807, 2.05) is 12.1 Å². The second-order valence-corrected chi connectivity index (χ2v) is 11.2. The topological polar surface area (TPSA) is 150 Å². The van der Waals surface area contributed by atoms with Crippen LogP contribution in [0.4, 0.5) is 11.5 Å². The lowest BCUT2D eigenvalue weighted by Gasteiger charge is -2.29. The maximum Gasteiger partial charge on any atom is 0.213 e.